The molecule has 378 valence electrons. The van der Waals surface area contributed by atoms with Gasteiger partial charge in [0.05, 0.1) is 37.0 Å². The van der Waals surface area contributed by atoms with Gasteiger partial charge in [-0.2, -0.15) is 0 Å². The Kier molecular flexibility index (Phi) is 19.0. The predicted molar refractivity (Wildman–Crippen MR) is 282 cm³/mol. The minimum absolute atomic E-state index is 0.488. The topological polar surface area (TPSA) is 38.9 Å². The van der Waals surface area contributed by atoms with Crippen LogP contribution in [0.3, 0.4) is 0 Å². The Balaban J connectivity index is 0.000000217. The second-order valence-corrected chi connectivity index (χ2v) is 20.8. The summed E-state index contributed by atoms with van der Waals surface area (Å²) in [5.74, 6) is 0. The van der Waals surface area contributed by atoms with Crippen molar-refractivity contribution in [2.24, 2.45) is 0 Å². The van der Waals surface area contributed by atoms with E-state index in [1.165, 1.54) is 120 Å². The summed E-state index contributed by atoms with van der Waals surface area (Å²) in [6, 6.07) is 0. The Labute approximate surface area is 407 Å². The van der Waals surface area contributed by atoms with E-state index in [2.05, 4.69) is 226 Å². The van der Waals surface area contributed by atoms with Crippen LogP contribution in [0.25, 0.3) is 0 Å². The first-order valence-corrected chi connectivity index (χ1v) is 25.8. The van der Waals surface area contributed by atoms with E-state index in [0.29, 0.717) is 37.0 Å². The van der Waals surface area contributed by atoms with E-state index in [1.807, 2.05) is 0 Å². The molecule has 6 rings (SSSR count). The van der Waals surface area contributed by atoms with E-state index in [-0.39, 0.29) is 0 Å². The quantitative estimate of drug-likeness (QED) is 0.147. The highest BCUT2D eigenvalue weighted by Gasteiger charge is 2.33. The molecule has 0 aromatic heterocycles. The lowest BCUT2D eigenvalue weighted by Crippen LogP contribution is -2.39. The van der Waals surface area contributed by atoms with Gasteiger partial charge in [0, 0.05) is 150 Å². The van der Waals surface area contributed by atoms with Gasteiger partial charge in [-0.3, -0.25) is 0 Å². The number of nitrogens with zero attached hydrogens (tertiary/aromatic N) is 12. The minimum Gasteiger partial charge on any atom is -0.357 e. The molecule has 0 fully saturated rings. The molecular weight excluding hydrogens is 817 g/mol. The molecule has 6 heterocycles. The molecule has 0 spiro atoms. The summed E-state index contributed by atoms with van der Waals surface area (Å²) in [5, 5.41) is 0. The van der Waals surface area contributed by atoms with Crippen molar-refractivity contribution in [3.8, 4) is 0 Å². The summed E-state index contributed by atoms with van der Waals surface area (Å²) < 4.78 is 0. The van der Waals surface area contributed by atoms with Crippen LogP contribution >= 0.6 is 0 Å². The maximum Gasteiger partial charge on any atom is 0.0979 e. The molecule has 0 aromatic rings. The lowest BCUT2D eigenvalue weighted by molar-refractivity contribution is 0.150. The summed E-state index contributed by atoms with van der Waals surface area (Å²) >= 11 is 0. The van der Waals surface area contributed by atoms with Gasteiger partial charge in [-0.15, -0.1) is 0 Å². The fourth-order valence-corrected chi connectivity index (χ4v) is 11.2. The number of allylic oxidation sites excluding steroid dienone is 12. The van der Waals surface area contributed by atoms with Gasteiger partial charge >= 0.3 is 0 Å². The van der Waals surface area contributed by atoms with Gasteiger partial charge in [0.15, 0.2) is 0 Å². The van der Waals surface area contributed by atoms with Crippen molar-refractivity contribution in [2.75, 3.05) is 81.6 Å². The van der Waals surface area contributed by atoms with Crippen molar-refractivity contribution in [3.05, 3.63) is 68.4 Å². The Bertz CT molecular complexity index is 1730. The SMILES string of the molecule is CC1=C(C)N(CCCCCN2C(C)=C(C)N(C)C2C)C(C)N1C.CC1=C(C)N(CCCCN2C(C)=C(C)N(C)C2C)C(C)N1C.CC1=C(C)N(CCCN2C(C)=C(C)N(C)C2C)C(C)N1C. The number of unbranched alkanes of at least 4 members (excludes halogenated alkanes) is 3. The Morgan fingerprint density at radius 1 is 0.212 bits per heavy atom. The lowest BCUT2D eigenvalue weighted by atomic mass is 10.2. The zero-order valence-electron chi connectivity index (χ0n) is 47.3. The molecular formula is C54H102N12. The Hall–Kier alpha value is -3.96. The smallest absolute Gasteiger partial charge is 0.0979 e. The van der Waals surface area contributed by atoms with Crippen molar-refractivity contribution in [2.45, 2.75) is 200 Å². The van der Waals surface area contributed by atoms with Crippen LogP contribution in [0.2, 0.25) is 0 Å². The minimum atomic E-state index is 0.488. The van der Waals surface area contributed by atoms with E-state index in [0.717, 1.165) is 26.2 Å². The molecule has 0 aromatic carbocycles. The molecule has 6 aliphatic rings. The molecule has 6 unspecified atom stereocenters. The van der Waals surface area contributed by atoms with E-state index >= 15 is 0 Å². The fourth-order valence-electron chi connectivity index (χ4n) is 11.2. The third-order valence-electron chi connectivity index (χ3n) is 18.1. The molecule has 0 saturated heterocycles. The van der Waals surface area contributed by atoms with Crippen molar-refractivity contribution >= 4 is 0 Å². The lowest BCUT2D eigenvalue weighted by Gasteiger charge is -2.32. The molecule has 6 aliphatic heterocycles. The molecule has 12 heteroatoms. The van der Waals surface area contributed by atoms with Crippen LogP contribution < -0.4 is 0 Å². The van der Waals surface area contributed by atoms with Crippen LogP contribution in [0.15, 0.2) is 68.4 Å². The van der Waals surface area contributed by atoms with Gasteiger partial charge in [0.25, 0.3) is 0 Å². The number of hydrogen-bond acceptors (Lipinski definition) is 12. The largest absolute Gasteiger partial charge is 0.357 e. The molecule has 0 saturated carbocycles. The van der Waals surface area contributed by atoms with Gasteiger partial charge in [0.2, 0.25) is 0 Å². The van der Waals surface area contributed by atoms with Crippen LogP contribution in [0.1, 0.15) is 163 Å². The number of hydrogen-bond donors (Lipinski definition) is 0. The first kappa shape index (κ1) is 54.6. The highest BCUT2D eigenvalue weighted by molar-refractivity contribution is 5.19. The monoisotopic (exact) mass is 919 g/mol. The molecule has 0 amide bonds. The second-order valence-electron chi connectivity index (χ2n) is 20.8. The standard InChI is InChI=1S/C19H36N4.C18H34N4.C17H32N4/c1-14-16(3)22(18(5)20(14)7)12-10-9-11-13-23-17(4)15(2)21(8)19(23)6;1-13-15(3)21(17(5)19(13)7)11-9-10-12-22-16(4)14(2)20(8)18(22)6;1-12-14(3)20(16(5)18(12)7)10-9-11-21-15(4)13(2)19(8)17(21)6/h18-19H,9-13H2,1-8H3;17-18H,9-12H2,1-8H3;16-17H,9-11H2,1-8H3. The van der Waals surface area contributed by atoms with Gasteiger partial charge in [-0.05, 0) is 163 Å². The van der Waals surface area contributed by atoms with E-state index in [1.54, 1.807) is 0 Å². The zero-order chi connectivity index (χ0) is 49.8. The van der Waals surface area contributed by atoms with Gasteiger partial charge < -0.3 is 58.8 Å². The summed E-state index contributed by atoms with van der Waals surface area (Å²) in [7, 11) is 13.2. The van der Waals surface area contributed by atoms with E-state index in [4.69, 9.17) is 0 Å². The summed E-state index contributed by atoms with van der Waals surface area (Å²) in [6.45, 7) is 47.6. The highest BCUT2D eigenvalue weighted by atomic mass is 15.4. The third kappa shape index (κ3) is 11.1. The van der Waals surface area contributed by atoms with Crippen molar-refractivity contribution in [3.63, 3.8) is 0 Å². The molecule has 0 bridgehead atoms. The van der Waals surface area contributed by atoms with Crippen molar-refractivity contribution in [1.29, 1.82) is 0 Å². The first-order valence-electron chi connectivity index (χ1n) is 25.8. The van der Waals surface area contributed by atoms with Gasteiger partial charge in [-0.25, -0.2) is 0 Å². The molecule has 0 radical (unpaired) electrons. The Morgan fingerprint density at radius 3 is 0.485 bits per heavy atom. The average molecular weight is 919 g/mol. The summed E-state index contributed by atoms with van der Waals surface area (Å²) in [6.07, 6.45) is 10.6. The average Bonchev–Trinajstić information content (AvgIpc) is 3.89. The van der Waals surface area contributed by atoms with Crippen LogP contribution in [0.5, 0.6) is 0 Å². The maximum absolute atomic E-state index is 2.55. The van der Waals surface area contributed by atoms with Crippen LogP contribution in [0, 0.1) is 0 Å². The molecule has 66 heavy (non-hydrogen) atoms. The third-order valence-corrected chi connectivity index (χ3v) is 18.1. The molecule has 6 atom stereocenters. The first-order chi connectivity index (χ1) is 30.8. The zero-order valence-corrected chi connectivity index (χ0v) is 47.3. The normalized spacial score (nSPS) is 26.2. The molecule has 0 aliphatic carbocycles. The molecule has 12 nitrogen and oxygen atoms in total. The van der Waals surface area contributed by atoms with Gasteiger partial charge in [-0.1, -0.05) is 0 Å². The summed E-state index contributed by atoms with van der Waals surface area (Å²) in [5.41, 5.74) is 17.1. The highest BCUT2D eigenvalue weighted by Crippen LogP contribution is 2.33. The van der Waals surface area contributed by atoms with Crippen LogP contribution in [0.4, 0.5) is 0 Å². The predicted octanol–water partition coefficient (Wildman–Crippen LogP) is 10.4. The van der Waals surface area contributed by atoms with Crippen molar-refractivity contribution in [1.82, 2.24) is 58.8 Å². The van der Waals surface area contributed by atoms with Crippen molar-refractivity contribution < 1.29 is 0 Å². The fraction of sp³-hybridized carbons (Fsp3) is 0.778. The summed E-state index contributed by atoms with van der Waals surface area (Å²) in [4.78, 5) is 29.5. The van der Waals surface area contributed by atoms with Crippen LogP contribution in [-0.4, -0.2) is 177 Å². The van der Waals surface area contributed by atoms with Gasteiger partial charge in [0.1, 0.15) is 0 Å². The Morgan fingerprint density at radius 2 is 0.348 bits per heavy atom. The van der Waals surface area contributed by atoms with E-state index < -0.39 is 0 Å². The van der Waals surface area contributed by atoms with Crippen LogP contribution in [-0.2, 0) is 0 Å². The maximum atomic E-state index is 2.55. The van der Waals surface area contributed by atoms with E-state index in [9.17, 15) is 0 Å². The molecule has 0 N–H and O–H groups in total. The second kappa shape index (κ2) is 22.9. The number of rotatable bonds is 15.